The first-order valence-corrected chi connectivity index (χ1v) is 9.22. The number of carbonyl (C=O) groups excluding carboxylic acids is 1. The largest absolute Gasteiger partial charge is 0.490 e. The van der Waals surface area contributed by atoms with Crippen LogP contribution in [0.3, 0.4) is 0 Å². The van der Waals surface area contributed by atoms with Gasteiger partial charge in [0.2, 0.25) is 0 Å². The molecule has 2 heterocycles. The first-order chi connectivity index (χ1) is 12.6. The number of hydrogen-bond donors (Lipinski definition) is 1. The van der Waals surface area contributed by atoms with E-state index in [4.69, 9.17) is 13.9 Å². The molecule has 0 unspecified atom stereocenters. The van der Waals surface area contributed by atoms with Crippen molar-refractivity contribution < 1.29 is 18.7 Å². The normalized spacial score (nSPS) is 10.6. The Morgan fingerprint density at radius 2 is 1.92 bits per heavy atom. The van der Waals surface area contributed by atoms with Crippen LogP contribution in [0, 0.1) is 6.92 Å². The third-order valence-electron chi connectivity index (χ3n) is 3.52. The molecule has 136 valence electrons. The van der Waals surface area contributed by atoms with Crippen molar-refractivity contribution >= 4 is 22.4 Å². The zero-order valence-electron chi connectivity index (χ0n) is 14.9. The van der Waals surface area contributed by atoms with Crippen molar-refractivity contribution in [2.45, 2.75) is 20.8 Å². The highest BCUT2D eigenvalue weighted by Gasteiger charge is 2.14. The fourth-order valence-corrected chi connectivity index (χ4v) is 3.07. The molecule has 0 aliphatic rings. The zero-order valence-corrected chi connectivity index (χ0v) is 15.7. The second-order valence-corrected chi connectivity index (χ2v) is 6.29. The summed E-state index contributed by atoms with van der Waals surface area (Å²) in [5.41, 5.74) is 1.17. The molecule has 0 bridgehead atoms. The smallest absolute Gasteiger partial charge is 0.257 e. The van der Waals surface area contributed by atoms with Gasteiger partial charge >= 0.3 is 0 Å². The van der Waals surface area contributed by atoms with Gasteiger partial charge in [-0.1, -0.05) is 0 Å². The lowest BCUT2D eigenvalue weighted by Crippen LogP contribution is -2.12. The van der Waals surface area contributed by atoms with Crippen LogP contribution >= 0.6 is 11.3 Å². The second-order valence-electron chi connectivity index (χ2n) is 5.43. The third-order valence-corrected chi connectivity index (χ3v) is 4.28. The molecule has 2 aromatic heterocycles. The zero-order chi connectivity index (χ0) is 18.5. The van der Waals surface area contributed by atoms with E-state index < -0.39 is 0 Å². The molecule has 26 heavy (non-hydrogen) atoms. The Bertz CT molecular complexity index is 901. The first-order valence-electron chi connectivity index (χ1n) is 8.34. The van der Waals surface area contributed by atoms with E-state index in [9.17, 15) is 4.79 Å². The van der Waals surface area contributed by atoms with Crippen LogP contribution in [-0.4, -0.2) is 24.1 Å². The maximum Gasteiger partial charge on any atom is 0.257 e. The van der Waals surface area contributed by atoms with Gasteiger partial charge in [0.15, 0.2) is 22.4 Å². The number of aromatic nitrogens is 1. The maximum atomic E-state index is 12.5. The van der Waals surface area contributed by atoms with E-state index in [1.807, 2.05) is 38.3 Å². The number of nitrogens with zero attached hydrogens (tertiary/aromatic N) is 1. The van der Waals surface area contributed by atoms with E-state index >= 15 is 0 Å². The lowest BCUT2D eigenvalue weighted by Gasteiger charge is -2.12. The fraction of sp³-hybridized carbons (Fsp3) is 0.263. The maximum absolute atomic E-state index is 12.5. The SMILES string of the molecule is CCOc1ccc(C(=O)Nc2nc(-c3ccc(C)o3)cs2)cc1OCC. The van der Waals surface area contributed by atoms with Crippen molar-refractivity contribution in [1.29, 1.82) is 0 Å². The Kier molecular flexibility index (Phi) is 5.58. The molecule has 0 aliphatic carbocycles. The molecule has 3 rings (SSSR count). The number of benzene rings is 1. The Morgan fingerprint density at radius 1 is 1.15 bits per heavy atom. The summed E-state index contributed by atoms with van der Waals surface area (Å²) < 4.78 is 16.6. The van der Waals surface area contributed by atoms with Crippen LogP contribution in [-0.2, 0) is 0 Å². The van der Waals surface area contributed by atoms with Crippen molar-refractivity contribution in [2.24, 2.45) is 0 Å². The van der Waals surface area contributed by atoms with Crippen molar-refractivity contribution in [3.05, 3.63) is 47.0 Å². The van der Waals surface area contributed by atoms with Crippen LogP contribution in [0.15, 0.2) is 40.1 Å². The van der Waals surface area contributed by atoms with E-state index in [1.54, 1.807) is 18.2 Å². The van der Waals surface area contributed by atoms with Gasteiger partial charge in [0.25, 0.3) is 5.91 Å². The highest BCUT2D eigenvalue weighted by Crippen LogP contribution is 2.30. The highest BCUT2D eigenvalue weighted by atomic mass is 32.1. The number of anilines is 1. The van der Waals surface area contributed by atoms with E-state index in [2.05, 4.69) is 10.3 Å². The van der Waals surface area contributed by atoms with Gasteiger partial charge in [-0.2, -0.15) is 0 Å². The van der Waals surface area contributed by atoms with Crippen molar-refractivity contribution in [3.63, 3.8) is 0 Å². The summed E-state index contributed by atoms with van der Waals surface area (Å²) in [4.78, 5) is 16.9. The Hall–Kier alpha value is -2.80. The van der Waals surface area contributed by atoms with Crippen LogP contribution in [0.25, 0.3) is 11.5 Å². The molecular weight excluding hydrogens is 352 g/mol. The molecule has 1 N–H and O–H groups in total. The minimum Gasteiger partial charge on any atom is -0.490 e. The average Bonchev–Trinajstić information content (AvgIpc) is 3.25. The Morgan fingerprint density at radius 3 is 2.62 bits per heavy atom. The van der Waals surface area contributed by atoms with Gasteiger partial charge in [-0.15, -0.1) is 11.3 Å². The number of nitrogens with one attached hydrogen (secondary N) is 1. The van der Waals surface area contributed by atoms with Gasteiger partial charge in [-0.3, -0.25) is 10.1 Å². The summed E-state index contributed by atoms with van der Waals surface area (Å²) in [6, 6.07) is 8.85. The van der Waals surface area contributed by atoms with E-state index in [1.165, 1.54) is 11.3 Å². The predicted molar refractivity (Wildman–Crippen MR) is 101 cm³/mol. The predicted octanol–water partition coefficient (Wildman–Crippen LogP) is 4.76. The van der Waals surface area contributed by atoms with Gasteiger partial charge in [-0.25, -0.2) is 4.98 Å². The fourth-order valence-electron chi connectivity index (χ4n) is 2.38. The quantitative estimate of drug-likeness (QED) is 0.647. The lowest BCUT2D eigenvalue weighted by atomic mass is 10.2. The topological polar surface area (TPSA) is 73.6 Å². The van der Waals surface area contributed by atoms with Crippen LogP contribution in [0.4, 0.5) is 5.13 Å². The number of carbonyl (C=O) groups is 1. The molecular formula is C19H20N2O4S. The minimum atomic E-state index is -0.259. The minimum absolute atomic E-state index is 0.259. The number of thiazole rings is 1. The molecule has 0 aliphatic heterocycles. The van der Waals surface area contributed by atoms with Crippen LogP contribution in [0.1, 0.15) is 30.0 Å². The monoisotopic (exact) mass is 372 g/mol. The molecule has 6 nitrogen and oxygen atoms in total. The molecule has 0 spiro atoms. The molecule has 0 atom stereocenters. The number of ether oxygens (including phenoxy) is 2. The summed E-state index contributed by atoms with van der Waals surface area (Å²) in [5.74, 6) is 2.41. The Labute approximate surface area is 155 Å². The third kappa shape index (κ3) is 4.05. The lowest BCUT2D eigenvalue weighted by molar-refractivity contribution is 0.102. The standard InChI is InChI=1S/C19H20N2O4S/c1-4-23-16-9-7-13(10-17(16)24-5-2)18(22)21-19-20-14(11-26-19)15-8-6-12(3)25-15/h6-11H,4-5H2,1-3H3,(H,20,21,22). The van der Waals surface area contributed by atoms with Crippen LogP contribution in [0.2, 0.25) is 0 Å². The highest BCUT2D eigenvalue weighted by molar-refractivity contribution is 7.14. The van der Waals surface area contributed by atoms with Gasteiger partial charge in [0.05, 0.1) is 13.2 Å². The second kappa shape index (κ2) is 8.05. The van der Waals surface area contributed by atoms with Crippen molar-refractivity contribution in [3.8, 4) is 23.0 Å². The van der Waals surface area contributed by atoms with Gasteiger partial charge in [-0.05, 0) is 51.1 Å². The number of aryl methyl sites for hydroxylation is 1. The first kappa shape index (κ1) is 18.0. The number of furan rings is 1. The number of amides is 1. The molecule has 0 saturated carbocycles. The molecule has 0 fully saturated rings. The summed E-state index contributed by atoms with van der Waals surface area (Å²) in [6.45, 7) is 6.68. The molecule has 7 heteroatoms. The van der Waals surface area contributed by atoms with E-state index in [0.29, 0.717) is 46.9 Å². The summed E-state index contributed by atoms with van der Waals surface area (Å²) in [5, 5.41) is 5.16. The average molecular weight is 372 g/mol. The molecule has 1 amide bonds. The van der Waals surface area contributed by atoms with Gasteiger partial charge in [0.1, 0.15) is 11.5 Å². The number of hydrogen-bond acceptors (Lipinski definition) is 6. The summed E-state index contributed by atoms with van der Waals surface area (Å²) in [6.07, 6.45) is 0. The summed E-state index contributed by atoms with van der Waals surface area (Å²) >= 11 is 1.34. The van der Waals surface area contributed by atoms with Crippen molar-refractivity contribution in [1.82, 2.24) is 4.98 Å². The number of rotatable bonds is 7. The van der Waals surface area contributed by atoms with Crippen molar-refractivity contribution in [2.75, 3.05) is 18.5 Å². The molecule has 0 saturated heterocycles. The Balaban J connectivity index is 1.75. The van der Waals surface area contributed by atoms with E-state index in [0.717, 1.165) is 5.76 Å². The summed E-state index contributed by atoms with van der Waals surface area (Å²) in [7, 11) is 0. The molecule has 1 aromatic carbocycles. The van der Waals surface area contributed by atoms with E-state index in [-0.39, 0.29) is 5.91 Å². The molecule has 0 radical (unpaired) electrons. The van der Waals surface area contributed by atoms with Crippen LogP contribution < -0.4 is 14.8 Å². The molecule has 3 aromatic rings. The van der Waals surface area contributed by atoms with Crippen LogP contribution in [0.5, 0.6) is 11.5 Å². The van der Waals surface area contributed by atoms with Gasteiger partial charge in [0, 0.05) is 10.9 Å². The van der Waals surface area contributed by atoms with Gasteiger partial charge < -0.3 is 13.9 Å².